The van der Waals surface area contributed by atoms with Crippen LogP contribution in [0.4, 0.5) is 0 Å². The molecule has 0 radical (unpaired) electrons. The molecular weight excluding hydrogens is 388 g/mol. The van der Waals surface area contributed by atoms with Crippen LogP contribution < -0.4 is 4.74 Å². The molecule has 158 valence electrons. The van der Waals surface area contributed by atoms with Crippen molar-refractivity contribution in [3.8, 4) is 17.3 Å². The van der Waals surface area contributed by atoms with Crippen molar-refractivity contribution in [3.63, 3.8) is 0 Å². The Morgan fingerprint density at radius 3 is 2.71 bits per heavy atom. The first kappa shape index (κ1) is 19.7. The fourth-order valence-electron chi connectivity index (χ4n) is 5.20. The average Bonchev–Trinajstić information content (AvgIpc) is 3.35. The summed E-state index contributed by atoms with van der Waals surface area (Å²) < 4.78 is 6.12. The topological polar surface area (TPSA) is 68.2 Å². The molecule has 1 saturated carbocycles. The lowest BCUT2D eigenvalue weighted by molar-refractivity contribution is 0.0249. The molecule has 1 saturated heterocycles. The number of carbonyl (C=O) groups excluding carboxylic acids is 1. The maximum atomic E-state index is 13.9. The molecule has 1 aliphatic heterocycles. The Labute approximate surface area is 182 Å². The molecule has 5 rings (SSSR count). The zero-order valence-electron chi connectivity index (χ0n) is 17.9. The van der Waals surface area contributed by atoms with Crippen molar-refractivity contribution in [1.82, 2.24) is 19.9 Å². The van der Waals surface area contributed by atoms with Crippen molar-refractivity contribution in [2.75, 3.05) is 6.61 Å². The van der Waals surface area contributed by atoms with Crippen LogP contribution in [0.2, 0.25) is 0 Å². The Morgan fingerprint density at radius 1 is 1.13 bits per heavy atom. The van der Waals surface area contributed by atoms with Gasteiger partial charge < -0.3 is 9.64 Å². The molecule has 2 aromatic heterocycles. The third-order valence-electron chi connectivity index (χ3n) is 6.78. The summed E-state index contributed by atoms with van der Waals surface area (Å²) in [6.07, 6.45) is 8.25. The number of fused-ring (bicyclic) bond motifs is 2. The van der Waals surface area contributed by atoms with Crippen molar-refractivity contribution in [3.05, 3.63) is 72.2 Å². The van der Waals surface area contributed by atoms with E-state index in [0.717, 1.165) is 30.4 Å². The highest BCUT2D eigenvalue weighted by molar-refractivity contribution is 6.01. The summed E-state index contributed by atoms with van der Waals surface area (Å²) in [6, 6.07) is 13.5. The molecule has 6 heteroatoms. The Balaban J connectivity index is 1.46. The minimum absolute atomic E-state index is 0.0261. The van der Waals surface area contributed by atoms with Crippen LogP contribution >= 0.6 is 0 Å². The number of pyridine rings is 1. The molecule has 3 aromatic rings. The lowest BCUT2D eigenvalue weighted by Crippen LogP contribution is -2.55. The minimum Gasteiger partial charge on any atom is -0.475 e. The molecular formula is C25H26N4O2. The first-order valence-electron chi connectivity index (χ1n) is 10.8. The summed E-state index contributed by atoms with van der Waals surface area (Å²) in [5.41, 5.74) is 2.19. The number of hydrogen-bond donors (Lipinski definition) is 0. The van der Waals surface area contributed by atoms with E-state index in [4.69, 9.17) is 4.74 Å². The van der Waals surface area contributed by atoms with Gasteiger partial charge in [0, 0.05) is 36.3 Å². The summed E-state index contributed by atoms with van der Waals surface area (Å²) in [7, 11) is 0. The number of nitrogens with zero attached hydrogens (tertiary/aromatic N) is 4. The molecule has 2 aliphatic rings. The smallest absolute Gasteiger partial charge is 0.255 e. The first-order valence-corrected chi connectivity index (χ1v) is 10.8. The maximum Gasteiger partial charge on any atom is 0.255 e. The number of aryl methyl sites for hydroxylation is 1. The molecule has 0 spiro atoms. The van der Waals surface area contributed by atoms with Gasteiger partial charge in [-0.2, -0.15) is 0 Å². The molecule has 2 bridgehead atoms. The van der Waals surface area contributed by atoms with Crippen molar-refractivity contribution >= 4 is 5.91 Å². The van der Waals surface area contributed by atoms with Crippen LogP contribution in [-0.2, 0) is 0 Å². The average molecular weight is 415 g/mol. The summed E-state index contributed by atoms with van der Waals surface area (Å²) in [5.74, 6) is 1.70. The Hall–Kier alpha value is -3.28. The second-order valence-electron chi connectivity index (χ2n) is 8.72. The summed E-state index contributed by atoms with van der Waals surface area (Å²) >= 11 is 0. The highest BCUT2D eigenvalue weighted by Crippen LogP contribution is 2.51. The molecule has 3 atom stereocenters. The number of aromatic nitrogens is 3. The van der Waals surface area contributed by atoms with Gasteiger partial charge in [-0.05, 0) is 56.7 Å². The van der Waals surface area contributed by atoms with Gasteiger partial charge in [-0.3, -0.25) is 4.79 Å². The van der Waals surface area contributed by atoms with Crippen LogP contribution in [0.3, 0.4) is 0 Å². The number of amides is 1. The van der Waals surface area contributed by atoms with E-state index in [-0.39, 0.29) is 17.5 Å². The number of benzene rings is 1. The highest BCUT2D eigenvalue weighted by atomic mass is 16.5. The third kappa shape index (κ3) is 3.46. The fourth-order valence-corrected chi connectivity index (χ4v) is 5.20. The van der Waals surface area contributed by atoms with E-state index in [2.05, 4.69) is 26.8 Å². The minimum atomic E-state index is -0.307. The number of ether oxygens (including phenoxy) is 1. The van der Waals surface area contributed by atoms with Crippen molar-refractivity contribution in [2.45, 2.75) is 44.7 Å². The lowest BCUT2D eigenvalue weighted by atomic mass is 9.94. The molecule has 1 aromatic carbocycles. The number of piperidine rings is 1. The van der Waals surface area contributed by atoms with E-state index in [1.807, 2.05) is 43.3 Å². The summed E-state index contributed by atoms with van der Waals surface area (Å²) in [4.78, 5) is 29.1. The van der Waals surface area contributed by atoms with Crippen LogP contribution in [0, 0.1) is 12.8 Å². The molecule has 31 heavy (non-hydrogen) atoms. The van der Waals surface area contributed by atoms with Gasteiger partial charge in [0.15, 0.2) is 5.82 Å². The fraction of sp³-hybridized carbons (Fsp3) is 0.360. The van der Waals surface area contributed by atoms with Gasteiger partial charge in [-0.15, -0.1) is 0 Å². The predicted molar refractivity (Wildman–Crippen MR) is 118 cm³/mol. The van der Waals surface area contributed by atoms with Gasteiger partial charge >= 0.3 is 0 Å². The molecule has 3 heterocycles. The molecule has 2 fully saturated rings. The number of likely N-dealkylation sites (tertiary alicyclic amines) is 1. The molecule has 0 N–H and O–H groups in total. The van der Waals surface area contributed by atoms with E-state index in [9.17, 15) is 4.79 Å². The normalized spacial score (nSPS) is 24.4. The standard InChI is InChI=1S/C25H26N4O2/c1-17-8-9-22(28-15-17)31-16-25-11-10-19(14-25)18(2)29(25)24(30)21-7-4-3-6-20(21)23-26-12-5-13-27-23/h3-9,12-13,15,18-19H,10-11,14,16H2,1-2H3. The molecule has 1 aliphatic carbocycles. The van der Waals surface area contributed by atoms with Crippen molar-refractivity contribution in [1.29, 1.82) is 0 Å². The molecule has 3 unspecified atom stereocenters. The summed E-state index contributed by atoms with van der Waals surface area (Å²) in [6.45, 7) is 4.62. The second kappa shape index (κ2) is 7.76. The van der Waals surface area contributed by atoms with E-state index in [1.165, 1.54) is 0 Å². The zero-order chi connectivity index (χ0) is 21.4. The first-order chi connectivity index (χ1) is 15.1. The zero-order valence-corrected chi connectivity index (χ0v) is 17.9. The maximum absolute atomic E-state index is 13.9. The number of carbonyl (C=O) groups is 1. The van der Waals surface area contributed by atoms with E-state index >= 15 is 0 Å². The Bertz CT molecular complexity index is 1090. The van der Waals surface area contributed by atoms with Gasteiger partial charge in [-0.1, -0.05) is 24.3 Å². The van der Waals surface area contributed by atoms with E-state index in [1.54, 1.807) is 24.7 Å². The van der Waals surface area contributed by atoms with Gasteiger partial charge in [0.25, 0.3) is 5.91 Å². The molecule has 1 amide bonds. The Kier molecular flexibility index (Phi) is 4.93. The SMILES string of the molecule is Cc1ccc(OCC23CCC(C2)C(C)N3C(=O)c2ccccc2-c2ncccn2)nc1. The third-order valence-corrected chi connectivity index (χ3v) is 6.78. The van der Waals surface area contributed by atoms with Crippen molar-refractivity contribution in [2.24, 2.45) is 5.92 Å². The lowest BCUT2D eigenvalue weighted by Gasteiger charge is -2.42. The van der Waals surface area contributed by atoms with Crippen LogP contribution in [0.1, 0.15) is 42.1 Å². The molecule has 6 nitrogen and oxygen atoms in total. The highest BCUT2D eigenvalue weighted by Gasteiger charge is 2.57. The number of hydrogen-bond acceptors (Lipinski definition) is 5. The summed E-state index contributed by atoms with van der Waals surface area (Å²) in [5, 5.41) is 0. The van der Waals surface area contributed by atoms with Gasteiger partial charge in [0.2, 0.25) is 5.88 Å². The monoisotopic (exact) mass is 414 g/mol. The largest absolute Gasteiger partial charge is 0.475 e. The second-order valence-corrected chi connectivity index (χ2v) is 8.72. The van der Waals surface area contributed by atoms with Crippen LogP contribution in [0.5, 0.6) is 5.88 Å². The Morgan fingerprint density at radius 2 is 1.94 bits per heavy atom. The van der Waals surface area contributed by atoms with E-state index < -0.39 is 0 Å². The van der Waals surface area contributed by atoms with Crippen LogP contribution in [0.25, 0.3) is 11.4 Å². The predicted octanol–water partition coefficient (Wildman–Crippen LogP) is 4.31. The van der Waals surface area contributed by atoms with Gasteiger partial charge in [-0.25, -0.2) is 15.0 Å². The van der Waals surface area contributed by atoms with Crippen LogP contribution in [0.15, 0.2) is 61.1 Å². The van der Waals surface area contributed by atoms with E-state index in [0.29, 0.717) is 29.8 Å². The van der Waals surface area contributed by atoms with Crippen LogP contribution in [-0.4, -0.2) is 43.9 Å². The van der Waals surface area contributed by atoms with Crippen molar-refractivity contribution < 1.29 is 9.53 Å². The number of rotatable bonds is 5. The van der Waals surface area contributed by atoms with Gasteiger partial charge in [0.05, 0.1) is 11.1 Å². The van der Waals surface area contributed by atoms with Gasteiger partial charge in [0.1, 0.15) is 6.61 Å². The quantitative estimate of drug-likeness (QED) is 0.622.